The zero-order chi connectivity index (χ0) is 23.8. The van der Waals surface area contributed by atoms with Gasteiger partial charge in [0.15, 0.2) is 5.69 Å². The number of alkyl halides is 3. The predicted molar refractivity (Wildman–Crippen MR) is 118 cm³/mol. The molecule has 1 amide bonds. The van der Waals surface area contributed by atoms with Crippen molar-refractivity contribution >= 4 is 27.1 Å². The molecule has 2 fully saturated rings. The van der Waals surface area contributed by atoms with E-state index in [0.717, 1.165) is 6.20 Å². The van der Waals surface area contributed by atoms with Crippen molar-refractivity contribution in [1.29, 1.82) is 0 Å². The average Bonchev–Trinajstić information content (AvgIpc) is 2.78. The number of amides is 1. The Kier molecular flexibility index (Phi) is 6.35. The fourth-order valence-corrected chi connectivity index (χ4v) is 5.96. The van der Waals surface area contributed by atoms with Crippen molar-refractivity contribution in [2.75, 3.05) is 36.0 Å². The van der Waals surface area contributed by atoms with Crippen molar-refractivity contribution in [3.8, 4) is 0 Å². The van der Waals surface area contributed by atoms with Gasteiger partial charge in [-0.1, -0.05) is 12.1 Å². The van der Waals surface area contributed by atoms with Crippen LogP contribution in [0.4, 0.5) is 23.4 Å². The lowest BCUT2D eigenvalue weighted by Crippen LogP contribution is -2.53. The van der Waals surface area contributed by atoms with Crippen LogP contribution < -0.4 is 4.90 Å². The number of aromatic nitrogens is 2. The molecule has 33 heavy (non-hydrogen) atoms. The molecule has 1 aromatic carbocycles. The highest BCUT2D eigenvalue weighted by atomic mass is 32.2. The monoisotopic (exact) mass is 484 g/mol. The van der Waals surface area contributed by atoms with Gasteiger partial charge in [-0.15, -0.1) is 0 Å². The van der Waals surface area contributed by atoms with E-state index in [1.165, 1.54) is 12.1 Å². The first-order valence-electron chi connectivity index (χ1n) is 10.6. The van der Waals surface area contributed by atoms with Gasteiger partial charge < -0.3 is 9.80 Å². The molecule has 0 saturated carbocycles. The van der Waals surface area contributed by atoms with Gasteiger partial charge in [-0.2, -0.15) is 13.2 Å². The number of anilines is 1. The molecule has 0 aliphatic carbocycles. The molecule has 0 bridgehead atoms. The number of halogens is 4. The van der Waals surface area contributed by atoms with Gasteiger partial charge in [-0.3, -0.25) is 9.00 Å². The number of rotatable bonds is 3. The van der Waals surface area contributed by atoms with Gasteiger partial charge >= 0.3 is 6.18 Å². The van der Waals surface area contributed by atoms with Crippen molar-refractivity contribution in [2.24, 2.45) is 5.92 Å². The second-order valence-corrected chi connectivity index (χ2v) is 11.2. The van der Waals surface area contributed by atoms with E-state index in [4.69, 9.17) is 0 Å². The van der Waals surface area contributed by atoms with Gasteiger partial charge in [-0.05, 0) is 45.9 Å². The van der Waals surface area contributed by atoms with Crippen LogP contribution in [0.25, 0.3) is 0 Å². The van der Waals surface area contributed by atoms with Crippen LogP contribution in [-0.2, 0) is 20.5 Å². The van der Waals surface area contributed by atoms with Crippen molar-refractivity contribution in [3.05, 3.63) is 53.7 Å². The summed E-state index contributed by atoms with van der Waals surface area (Å²) in [6.45, 7) is 0.864. The summed E-state index contributed by atoms with van der Waals surface area (Å²) in [6, 6.07) is 5.43. The maximum Gasteiger partial charge on any atom is 0.434 e. The zero-order valence-corrected chi connectivity index (χ0v) is 18.6. The maximum absolute atomic E-state index is 14.0. The minimum Gasteiger partial charge on any atom is -0.351 e. The number of hydrogen-bond acceptors (Lipinski definition) is 5. The number of carbonyl (C=O) groups is 1. The fraction of sp³-hybridized carbons (Fsp3) is 0.455. The normalized spacial score (nSPS) is 26.3. The van der Waals surface area contributed by atoms with Crippen LogP contribution in [0.5, 0.6) is 0 Å². The molecule has 0 N–H and O–H groups in total. The Morgan fingerprint density at radius 3 is 2.45 bits per heavy atom. The third kappa shape index (κ3) is 5.29. The van der Waals surface area contributed by atoms with Crippen molar-refractivity contribution in [3.63, 3.8) is 0 Å². The molecule has 1 unspecified atom stereocenters. The SMILES string of the molecule is C=S1(=O)CCC(C(=O)N2CCN(c3cnc(C(F)(F)F)cn3)CC2c2cccc(F)c2)CC1. The molecule has 2 aromatic rings. The predicted octanol–water partition coefficient (Wildman–Crippen LogP) is 3.15. The molecule has 0 radical (unpaired) electrons. The second-order valence-electron chi connectivity index (χ2n) is 8.45. The zero-order valence-electron chi connectivity index (χ0n) is 17.8. The van der Waals surface area contributed by atoms with Crippen LogP contribution in [0.3, 0.4) is 0 Å². The van der Waals surface area contributed by atoms with Gasteiger partial charge in [0.1, 0.15) is 11.6 Å². The minimum absolute atomic E-state index is 0.0858. The Bertz CT molecular complexity index is 1110. The lowest BCUT2D eigenvalue weighted by molar-refractivity contribution is -0.141. The number of hydrogen-bond donors (Lipinski definition) is 0. The molecule has 1 aromatic heterocycles. The molecule has 0 spiro atoms. The molecule has 2 aliphatic heterocycles. The quantitative estimate of drug-likeness (QED) is 0.495. The van der Waals surface area contributed by atoms with E-state index in [-0.39, 0.29) is 24.2 Å². The smallest absolute Gasteiger partial charge is 0.351 e. The summed E-state index contributed by atoms with van der Waals surface area (Å²) in [6.07, 6.45) is -1.86. The standard InChI is InChI=1S/C22H24F4N4O2S/c1-33(32)9-5-15(6-10-33)21(31)30-8-7-29(14-18(30)16-3-2-4-17(23)11-16)20-13-27-19(12-28-20)22(24,25)26/h2-4,11-13,15,18H,1,5-10,14H2. The van der Waals surface area contributed by atoms with Crippen molar-refractivity contribution in [2.45, 2.75) is 25.1 Å². The Balaban J connectivity index is 1.58. The molecule has 1 atom stereocenters. The van der Waals surface area contributed by atoms with Crippen LogP contribution in [0.1, 0.15) is 30.1 Å². The van der Waals surface area contributed by atoms with Gasteiger partial charge in [0.2, 0.25) is 5.91 Å². The van der Waals surface area contributed by atoms with Crippen LogP contribution in [0.2, 0.25) is 0 Å². The van der Waals surface area contributed by atoms with Crippen molar-refractivity contribution < 1.29 is 26.6 Å². The van der Waals surface area contributed by atoms with Crippen molar-refractivity contribution in [1.82, 2.24) is 14.9 Å². The summed E-state index contributed by atoms with van der Waals surface area (Å²) in [5.41, 5.74) is -0.495. The average molecular weight is 485 g/mol. The molecular formula is C22H24F4N4O2S. The van der Waals surface area contributed by atoms with E-state index in [1.807, 2.05) is 0 Å². The second kappa shape index (κ2) is 8.92. The summed E-state index contributed by atoms with van der Waals surface area (Å²) in [4.78, 5) is 24.2. The van der Waals surface area contributed by atoms with Crippen LogP contribution >= 0.6 is 0 Å². The molecular weight excluding hydrogens is 460 g/mol. The van der Waals surface area contributed by atoms with E-state index < -0.39 is 33.3 Å². The molecule has 178 valence electrons. The van der Waals surface area contributed by atoms with Gasteiger partial charge in [0.05, 0.1) is 18.4 Å². The maximum atomic E-state index is 14.0. The largest absolute Gasteiger partial charge is 0.434 e. The Labute approximate surface area is 189 Å². The molecule has 2 aliphatic rings. The van der Waals surface area contributed by atoms with Crippen LogP contribution in [0, 0.1) is 11.7 Å². The van der Waals surface area contributed by atoms with E-state index >= 15 is 0 Å². The Hall–Kier alpha value is -2.69. The highest BCUT2D eigenvalue weighted by molar-refractivity contribution is 8.00. The first-order valence-corrected chi connectivity index (χ1v) is 12.6. The van der Waals surface area contributed by atoms with Crippen LogP contribution in [0.15, 0.2) is 36.7 Å². The van der Waals surface area contributed by atoms with E-state index in [0.29, 0.717) is 49.2 Å². The first kappa shape index (κ1) is 23.5. The Morgan fingerprint density at radius 1 is 1.12 bits per heavy atom. The summed E-state index contributed by atoms with van der Waals surface area (Å²) >= 11 is 0. The van der Waals surface area contributed by atoms with E-state index in [1.54, 1.807) is 21.9 Å². The third-order valence-corrected chi connectivity index (χ3v) is 8.13. The highest BCUT2D eigenvalue weighted by Gasteiger charge is 2.37. The minimum atomic E-state index is -4.59. The lowest BCUT2D eigenvalue weighted by atomic mass is 9.96. The molecule has 3 heterocycles. The molecule has 4 rings (SSSR count). The van der Waals surface area contributed by atoms with Gasteiger partial charge in [0, 0.05) is 37.1 Å². The molecule has 11 heteroatoms. The lowest BCUT2D eigenvalue weighted by Gasteiger charge is -2.43. The van der Waals surface area contributed by atoms with E-state index in [9.17, 15) is 26.6 Å². The summed E-state index contributed by atoms with van der Waals surface area (Å²) in [7, 11) is -2.13. The number of piperazine rings is 1. The van der Waals surface area contributed by atoms with Gasteiger partial charge in [-0.25, -0.2) is 14.4 Å². The summed E-state index contributed by atoms with van der Waals surface area (Å²) < 4.78 is 64.7. The third-order valence-electron chi connectivity index (χ3n) is 6.18. The Morgan fingerprint density at radius 2 is 1.85 bits per heavy atom. The molecule has 2 saturated heterocycles. The van der Waals surface area contributed by atoms with Crippen LogP contribution in [-0.4, -0.2) is 62.0 Å². The summed E-state index contributed by atoms with van der Waals surface area (Å²) in [5, 5.41) is 0. The fourth-order valence-electron chi connectivity index (χ4n) is 4.33. The highest BCUT2D eigenvalue weighted by Crippen LogP contribution is 2.33. The number of benzene rings is 1. The summed E-state index contributed by atoms with van der Waals surface area (Å²) in [5.74, 6) is 3.98. The topological polar surface area (TPSA) is 66.4 Å². The van der Waals surface area contributed by atoms with E-state index in [2.05, 4.69) is 15.8 Å². The number of carbonyl (C=O) groups excluding carboxylic acids is 1. The first-order chi connectivity index (χ1) is 15.5. The van der Waals surface area contributed by atoms with Gasteiger partial charge in [0.25, 0.3) is 0 Å². The molecule has 6 nitrogen and oxygen atoms in total. The number of nitrogens with zero attached hydrogens (tertiary/aromatic N) is 4.